The standard InChI is InChI=1S/C55H39NO/c1-55(2)51-18-10-8-16-46(51)47-31-30-45(35-52(47)55)56(44-29-26-37-14-6-7-15-41(37)32-44)43-27-24-39(25-28-43)42-33-49(54-50(34-42)48-17-9-11-19-53(48)57-54)40-22-20-38(21-23-40)36-12-4-3-5-13-36/h3-35H,1-2H3. The number of benzene rings is 9. The molecule has 0 aliphatic heterocycles. The number of hydrogen-bond acceptors (Lipinski definition) is 2. The molecule has 0 amide bonds. The van der Waals surface area contributed by atoms with Gasteiger partial charge in [-0.2, -0.15) is 0 Å². The van der Waals surface area contributed by atoms with Gasteiger partial charge in [0.05, 0.1) is 0 Å². The summed E-state index contributed by atoms with van der Waals surface area (Å²) in [4.78, 5) is 2.40. The van der Waals surface area contributed by atoms with E-state index in [4.69, 9.17) is 4.42 Å². The minimum absolute atomic E-state index is 0.101. The summed E-state index contributed by atoms with van der Waals surface area (Å²) in [6.45, 7) is 4.70. The van der Waals surface area contributed by atoms with Crippen LogP contribution in [0, 0.1) is 0 Å². The van der Waals surface area contributed by atoms with Crippen LogP contribution >= 0.6 is 0 Å². The van der Waals surface area contributed by atoms with Crippen molar-refractivity contribution in [3.8, 4) is 44.5 Å². The molecule has 0 N–H and O–H groups in total. The van der Waals surface area contributed by atoms with E-state index in [9.17, 15) is 0 Å². The number of rotatable bonds is 6. The number of nitrogens with zero attached hydrogens (tertiary/aromatic N) is 1. The number of anilines is 3. The van der Waals surface area contributed by atoms with Crippen molar-refractivity contribution in [2.45, 2.75) is 19.3 Å². The monoisotopic (exact) mass is 729 g/mol. The summed E-state index contributed by atoms with van der Waals surface area (Å²) in [6, 6.07) is 72.7. The Kier molecular flexibility index (Phi) is 7.55. The summed E-state index contributed by atoms with van der Waals surface area (Å²) >= 11 is 0. The van der Waals surface area contributed by atoms with Crippen LogP contribution in [0.1, 0.15) is 25.0 Å². The number of furan rings is 1. The normalized spacial score (nSPS) is 12.9. The number of fused-ring (bicyclic) bond motifs is 7. The third-order valence-electron chi connectivity index (χ3n) is 12.1. The lowest BCUT2D eigenvalue weighted by atomic mass is 9.82. The predicted octanol–water partition coefficient (Wildman–Crippen LogP) is 15.5. The first-order valence-corrected chi connectivity index (χ1v) is 19.7. The molecule has 2 nitrogen and oxygen atoms in total. The van der Waals surface area contributed by atoms with Crippen molar-refractivity contribution in [3.63, 3.8) is 0 Å². The molecular weight excluding hydrogens is 691 g/mol. The van der Waals surface area contributed by atoms with E-state index in [1.54, 1.807) is 0 Å². The highest BCUT2D eigenvalue weighted by molar-refractivity contribution is 6.11. The van der Waals surface area contributed by atoms with Gasteiger partial charge in [-0.25, -0.2) is 0 Å². The molecule has 0 bridgehead atoms. The molecule has 0 radical (unpaired) electrons. The van der Waals surface area contributed by atoms with E-state index < -0.39 is 0 Å². The van der Waals surface area contributed by atoms with Crippen LogP contribution in [0.3, 0.4) is 0 Å². The molecule has 0 fully saturated rings. The van der Waals surface area contributed by atoms with Gasteiger partial charge in [-0.3, -0.25) is 0 Å². The highest BCUT2D eigenvalue weighted by atomic mass is 16.3. The van der Waals surface area contributed by atoms with Crippen LogP contribution in [0.2, 0.25) is 0 Å². The van der Waals surface area contributed by atoms with E-state index in [1.165, 1.54) is 44.2 Å². The van der Waals surface area contributed by atoms with Crippen molar-refractivity contribution in [1.29, 1.82) is 0 Å². The van der Waals surface area contributed by atoms with E-state index in [0.29, 0.717) is 0 Å². The Morgan fingerprint density at radius 3 is 1.81 bits per heavy atom. The maximum Gasteiger partial charge on any atom is 0.143 e. The topological polar surface area (TPSA) is 16.4 Å². The van der Waals surface area contributed by atoms with Crippen molar-refractivity contribution in [3.05, 3.63) is 211 Å². The third-order valence-corrected chi connectivity index (χ3v) is 12.1. The van der Waals surface area contributed by atoms with Crippen molar-refractivity contribution in [1.82, 2.24) is 0 Å². The smallest absolute Gasteiger partial charge is 0.143 e. The summed E-state index contributed by atoms with van der Waals surface area (Å²) < 4.78 is 6.58. The van der Waals surface area contributed by atoms with E-state index >= 15 is 0 Å². The van der Waals surface area contributed by atoms with Gasteiger partial charge in [-0.05, 0) is 115 Å². The summed E-state index contributed by atoms with van der Waals surface area (Å²) in [7, 11) is 0. The van der Waals surface area contributed by atoms with E-state index in [1.807, 2.05) is 6.07 Å². The average Bonchev–Trinajstić information content (AvgIpc) is 3.76. The zero-order valence-corrected chi connectivity index (χ0v) is 31.9. The second-order valence-electron chi connectivity index (χ2n) is 15.8. The fourth-order valence-electron chi connectivity index (χ4n) is 9.08. The molecular formula is C55H39NO. The summed E-state index contributed by atoms with van der Waals surface area (Å²) in [5.74, 6) is 0. The molecule has 9 aromatic carbocycles. The van der Waals surface area contributed by atoms with Gasteiger partial charge >= 0.3 is 0 Å². The second-order valence-corrected chi connectivity index (χ2v) is 15.8. The van der Waals surface area contributed by atoms with Crippen LogP contribution in [0.15, 0.2) is 205 Å². The average molecular weight is 730 g/mol. The molecule has 57 heavy (non-hydrogen) atoms. The van der Waals surface area contributed by atoms with Gasteiger partial charge in [0, 0.05) is 38.8 Å². The van der Waals surface area contributed by atoms with E-state index in [0.717, 1.165) is 61.3 Å². The lowest BCUT2D eigenvalue weighted by molar-refractivity contribution is 0.660. The second kappa shape index (κ2) is 13.0. The molecule has 0 atom stereocenters. The van der Waals surface area contributed by atoms with Gasteiger partial charge in [0.15, 0.2) is 0 Å². The largest absolute Gasteiger partial charge is 0.455 e. The summed E-state index contributed by atoms with van der Waals surface area (Å²) in [5, 5.41) is 4.69. The molecule has 270 valence electrons. The fraction of sp³-hybridized carbons (Fsp3) is 0.0545. The number of para-hydroxylation sites is 1. The Balaban J connectivity index is 1.04. The van der Waals surface area contributed by atoms with Crippen LogP contribution in [-0.4, -0.2) is 0 Å². The van der Waals surface area contributed by atoms with Gasteiger partial charge < -0.3 is 9.32 Å². The summed E-state index contributed by atoms with van der Waals surface area (Å²) in [5.41, 5.74) is 17.4. The van der Waals surface area contributed by atoms with Gasteiger partial charge in [-0.15, -0.1) is 0 Å². The number of hydrogen-bond donors (Lipinski definition) is 0. The van der Waals surface area contributed by atoms with Crippen LogP contribution < -0.4 is 4.90 Å². The molecule has 0 unspecified atom stereocenters. The molecule has 10 aromatic rings. The maximum atomic E-state index is 6.58. The Morgan fingerprint density at radius 1 is 0.368 bits per heavy atom. The Hall–Kier alpha value is -7.16. The molecule has 11 rings (SSSR count). The molecule has 1 aliphatic rings. The predicted molar refractivity (Wildman–Crippen MR) is 240 cm³/mol. The highest BCUT2D eigenvalue weighted by Crippen LogP contribution is 2.51. The molecule has 1 aromatic heterocycles. The molecule has 0 saturated carbocycles. The van der Waals surface area contributed by atoms with Gasteiger partial charge in [-0.1, -0.05) is 159 Å². The highest BCUT2D eigenvalue weighted by Gasteiger charge is 2.35. The Morgan fingerprint density at radius 2 is 0.965 bits per heavy atom. The van der Waals surface area contributed by atoms with Crippen LogP contribution in [-0.2, 0) is 5.41 Å². The first-order chi connectivity index (χ1) is 28.0. The van der Waals surface area contributed by atoms with Crippen LogP contribution in [0.5, 0.6) is 0 Å². The molecule has 1 aliphatic carbocycles. The van der Waals surface area contributed by atoms with Crippen molar-refractivity contribution >= 4 is 49.8 Å². The third kappa shape index (κ3) is 5.48. The van der Waals surface area contributed by atoms with Crippen molar-refractivity contribution < 1.29 is 4.42 Å². The molecule has 2 heteroatoms. The van der Waals surface area contributed by atoms with Crippen LogP contribution in [0.4, 0.5) is 17.1 Å². The van der Waals surface area contributed by atoms with Crippen LogP contribution in [0.25, 0.3) is 77.2 Å². The zero-order valence-electron chi connectivity index (χ0n) is 31.9. The lowest BCUT2D eigenvalue weighted by Crippen LogP contribution is -2.16. The lowest BCUT2D eigenvalue weighted by Gasteiger charge is -2.28. The quantitative estimate of drug-likeness (QED) is 0.169. The minimum atomic E-state index is -0.101. The molecule has 0 spiro atoms. The van der Waals surface area contributed by atoms with E-state index in [-0.39, 0.29) is 5.41 Å². The Labute approximate surface area is 332 Å². The Bertz CT molecular complexity index is 3130. The first kappa shape index (κ1) is 33.2. The minimum Gasteiger partial charge on any atom is -0.455 e. The SMILES string of the molecule is CC1(C)c2ccccc2-c2ccc(N(c3ccc(-c4cc(-c5ccc(-c6ccccc6)cc5)c5oc6ccccc6c5c4)cc3)c3ccc4ccccc4c3)cc21. The van der Waals surface area contributed by atoms with Gasteiger partial charge in [0.25, 0.3) is 0 Å². The van der Waals surface area contributed by atoms with Gasteiger partial charge in [0.1, 0.15) is 11.2 Å². The fourth-order valence-corrected chi connectivity index (χ4v) is 9.08. The zero-order chi connectivity index (χ0) is 38.1. The van der Waals surface area contributed by atoms with Crippen molar-refractivity contribution in [2.75, 3.05) is 4.90 Å². The van der Waals surface area contributed by atoms with Crippen molar-refractivity contribution in [2.24, 2.45) is 0 Å². The van der Waals surface area contributed by atoms with Gasteiger partial charge in [0.2, 0.25) is 0 Å². The maximum absolute atomic E-state index is 6.58. The first-order valence-electron chi connectivity index (χ1n) is 19.7. The molecule has 1 heterocycles. The summed E-state index contributed by atoms with van der Waals surface area (Å²) in [6.07, 6.45) is 0. The van der Waals surface area contributed by atoms with E-state index in [2.05, 4.69) is 213 Å². The molecule has 0 saturated heterocycles.